The maximum Gasteiger partial charge on any atom is 0.308 e. The summed E-state index contributed by atoms with van der Waals surface area (Å²) in [6, 6.07) is 0. The number of cyclic esters (lactones) is 4. The van der Waals surface area contributed by atoms with Crippen molar-refractivity contribution in [3.8, 4) is 0 Å². The van der Waals surface area contributed by atoms with Gasteiger partial charge in [-0.2, -0.15) is 0 Å². The molecule has 0 aromatic rings. The second kappa shape index (κ2) is 23.1. The third-order valence-electron chi connectivity index (χ3n) is 4.59. The number of carbonyl (C=O) groups excluding carboxylic acids is 4. The Morgan fingerprint density at radius 2 is 0.528 bits per heavy atom. The molecule has 208 valence electrons. The highest BCUT2D eigenvalue weighted by Crippen LogP contribution is 1.98. The van der Waals surface area contributed by atoms with E-state index >= 15 is 0 Å². The number of hydrogen-bond donors (Lipinski definition) is 0. The minimum atomic E-state index is -0.377. The summed E-state index contributed by atoms with van der Waals surface area (Å²) in [6.45, 7) is 3.28. The van der Waals surface area contributed by atoms with Crippen LogP contribution >= 0.6 is 0 Å². The van der Waals surface area contributed by atoms with E-state index in [2.05, 4.69) is 0 Å². The van der Waals surface area contributed by atoms with Crippen molar-refractivity contribution >= 4 is 23.9 Å². The first-order valence-electron chi connectivity index (χ1n) is 12.5. The summed E-state index contributed by atoms with van der Waals surface area (Å²) in [4.78, 5) is 46.6. The van der Waals surface area contributed by atoms with E-state index in [-0.39, 0.29) is 102 Å². The van der Waals surface area contributed by atoms with Crippen molar-refractivity contribution in [3.63, 3.8) is 0 Å². The highest BCUT2D eigenvalue weighted by Gasteiger charge is 2.07. The molecule has 12 heteroatoms. The Labute approximate surface area is 212 Å². The number of ether oxygens (including phenoxy) is 8. The number of carbonyl (C=O) groups is 4. The van der Waals surface area contributed by atoms with E-state index in [4.69, 9.17) is 37.9 Å². The molecule has 0 N–H and O–H groups in total. The molecule has 0 bridgehead atoms. The van der Waals surface area contributed by atoms with Gasteiger partial charge in [0.15, 0.2) is 0 Å². The van der Waals surface area contributed by atoms with E-state index in [0.717, 1.165) is 0 Å². The van der Waals surface area contributed by atoms with Gasteiger partial charge in [0.2, 0.25) is 0 Å². The van der Waals surface area contributed by atoms with Crippen LogP contribution < -0.4 is 0 Å². The van der Waals surface area contributed by atoms with Crippen LogP contribution in [0.3, 0.4) is 0 Å². The summed E-state index contributed by atoms with van der Waals surface area (Å²) < 4.78 is 41.7. The highest BCUT2D eigenvalue weighted by molar-refractivity contribution is 5.70. The second-order valence-corrected chi connectivity index (χ2v) is 7.75. The Morgan fingerprint density at radius 3 is 0.778 bits per heavy atom. The third-order valence-corrected chi connectivity index (χ3v) is 4.59. The van der Waals surface area contributed by atoms with Crippen LogP contribution in [0.2, 0.25) is 0 Å². The number of rotatable bonds is 0. The molecular formula is C24H40O12. The normalized spacial score (nSPS) is 22.0. The molecule has 0 atom stereocenters. The molecular weight excluding hydrogens is 480 g/mol. The minimum Gasteiger partial charge on any atom is -0.466 e. The molecule has 0 aromatic heterocycles. The topological polar surface area (TPSA) is 142 Å². The molecule has 1 rings (SSSR count). The maximum absolute atomic E-state index is 11.7. The largest absolute Gasteiger partial charge is 0.466 e. The van der Waals surface area contributed by atoms with Gasteiger partial charge in [0.25, 0.3) is 0 Å². The molecule has 0 spiro atoms. The molecule has 0 aromatic carbocycles. The van der Waals surface area contributed by atoms with Gasteiger partial charge >= 0.3 is 23.9 Å². The fourth-order valence-electron chi connectivity index (χ4n) is 2.71. The van der Waals surface area contributed by atoms with E-state index in [1.54, 1.807) is 0 Å². The van der Waals surface area contributed by atoms with Gasteiger partial charge in [-0.05, 0) is 0 Å². The van der Waals surface area contributed by atoms with Crippen LogP contribution in [0.5, 0.6) is 0 Å². The molecule has 0 radical (unpaired) electrons. The third kappa shape index (κ3) is 21.0. The lowest BCUT2D eigenvalue weighted by Gasteiger charge is -2.09. The highest BCUT2D eigenvalue weighted by atomic mass is 16.6. The van der Waals surface area contributed by atoms with Gasteiger partial charge in [-0.15, -0.1) is 0 Å². The lowest BCUT2D eigenvalue weighted by molar-refractivity contribution is -0.147. The fraction of sp³-hybridized carbons (Fsp3) is 0.833. The Bertz CT molecular complexity index is 510. The van der Waals surface area contributed by atoms with Gasteiger partial charge in [0, 0.05) is 52.1 Å². The van der Waals surface area contributed by atoms with Crippen molar-refractivity contribution in [1.29, 1.82) is 0 Å². The SMILES string of the molecule is O=C1CCOCCC(=O)OCCCOCCCOC(=O)CCOCCC(=O)OCCCOCCCO1. The zero-order chi connectivity index (χ0) is 26.1. The number of esters is 4. The van der Waals surface area contributed by atoms with Crippen LogP contribution in [0.4, 0.5) is 0 Å². The molecule has 0 unspecified atom stereocenters. The van der Waals surface area contributed by atoms with E-state index in [1.807, 2.05) is 0 Å². The summed E-state index contributed by atoms with van der Waals surface area (Å²) in [6.07, 6.45) is 2.60. The van der Waals surface area contributed by atoms with Crippen molar-refractivity contribution in [1.82, 2.24) is 0 Å². The van der Waals surface area contributed by atoms with E-state index in [9.17, 15) is 19.2 Å². The zero-order valence-corrected chi connectivity index (χ0v) is 21.0. The lowest BCUT2D eigenvalue weighted by Crippen LogP contribution is -2.14. The average Bonchev–Trinajstić information content (AvgIpc) is 2.85. The van der Waals surface area contributed by atoms with Crippen LogP contribution in [0.1, 0.15) is 51.4 Å². The van der Waals surface area contributed by atoms with Crippen LogP contribution in [0.15, 0.2) is 0 Å². The van der Waals surface area contributed by atoms with Crippen molar-refractivity contribution in [3.05, 3.63) is 0 Å². The standard InChI is InChI=1S/C24H40O12/c25-21-5-17-31-18-6-23(27)35-15-3-11-30-12-4-16-36-24(28)8-20-32-19-7-22(26)34-14-2-10-29-9-1-13-33-21/h1-20H2. The van der Waals surface area contributed by atoms with Crippen molar-refractivity contribution in [2.75, 3.05) is 79.3 Å². The molecule has 1 saturated heterocycles. The van der Waals surface area contributed by atoms with Crippen LogP contribution in [-0.2, 0) is 57.1 Å². The lowest BCUT2D eigenvalue weighted by atomic mass is 10.4. The quantitative estimate of drug-likeness (QED) is 0.336. The first-order chi connectivity index (χ1) is 17.6. The molecule has 12 nitrogen and oxygen atoms in total. The van der Waals surface area contributed by atoms with E-state index in [0.29, 0.717) is 52.1 Å². The first kappa shape index (κ1) is 31.7. The molecule has 36 heavy (non-hydrogen) atoms. The van der Waals surface area contributed by atoms with Crippen LogP contribution in [-0.4, -0.2) is 103 Å². The summed E-state index contributed by atoms with van der Waals surface area (Å²) in [5.41, 5.74) is 0. The smallest absolute Gasteiger partial charge is 0.308 e. The van der Waals surface area contributed by atoms with Gasteiger partial charge in [-0.3, -0.25) is 19.2 Å². The van der Waals surface area contributed by atoms with Crippen LogP contribution in [0.25, 0.3) is 0 Å². The Kier molecular flexibility index (Phi) is 20.4. The maximum atomic E-state index is 11.7. The van der Waals surface area contributed by atoms with Crippen molar-refractivity contribution in [2.45, 2.75) is 51.4 Å². The minimum absolute atomic E-state index is 0.100. The average molecular weight is 521 g/mol. The van der Waals surface area contributed by atoms with Gasteiger partial charge in [-0.25, -0.2) is 0 Å². The number of hydrogen-bond acceptors (Lipinski definition) is 12. The molecule has 0 amide bonds. The Balaban J connectivity index is 2.23. The van der Waals surface area contributed by atoms with Crippen molar-refractivity contribution in [2.24, 2.45) is 0 Å². The van der Waals surface area contributed by atoms with E-state index < -0.39 is 0 Å². The van der Waals surface area contributed by atoms with Gasteiger partial charge in [-0.1, -0.05) is 0 Å². The molecule has 0 aliphatic carbocycles. The molecule has 1 aliphatic rings. The van der Waals surface area contributed by atoms with Crippen molar-refractivity contribution < 1.29 is 57.1 Å². The Hall–Kier alpha value is -2.28. The van der Waals surface area contributed by atoms with Gasteiger partial charge in [0.05, 0.1) is 78.5 Å². The molecule has 1 aliphatic heterocycles. The first-order valence-corrected chi connectivity index (χ1v) is 12.5. The molecule has 0 saturated carbocycles. The predicted molar refractivity (Wildman–Crippen MR) is 124 cm³/mol. The van der Waals surface area contributed by atoms with Gasteiger partial charge < -0.3 is 37.9 Å². The summed E-state index contributed by atoms with van der Waals surface area (Å²) in [5.74, 6) is -1.51. The summed E-state index contributed by atoms with van der Waals surface area (Å²) in [7, 11) is 0. The fourth-order valence-corrected chi connectivity index (χ4v) is 2.71. The molecule has 1 fully saturated rings. The molecule has 1 heterocycles. The monoisotopic (exact) mass is 520 g/mol. The summed E-state index contributed by atoms with van der Waals surface area (Å²) in [5, 5.41) is 0. The Morgan fingerprint density at radius 1 is 0.306 bits per heavy atom. The zero-order valence-electron chi connectivity index (χ0n) is 21.0. The predicted octanol–water partition coefficient (Wildman–Crippen LogP) is 1.36. The second-order valence-electron chi connectivity index (χ2n) is 7.75. The van der Waals surface area contributed by atoms with E-state index in [1.165, 1.54) is 0 Å². The summed E-state index contributed by atoms with van der Waals surface area (Å²) >= 11 is 0. The van der Waals surface area contributed by atoms with Gasteiger partial charge in [0.1, 0.15) is 0 Å². The van der Waals surface area contributed by atoms with Crippen LogP contribution in [0, 0.1) is 0 Å².